The maximum atomic E-state index is 14.1. The van der Waals surface area contributed by atoms with E-state index in [-0.39, 0.29) is 16.7 Å². The van der Waals surface area contributed by atoms with Crippen molar-refractivity contribution in [2.75, 3.05) is 7.11 Å². The van der Waals surface area contributed by atoms with Gasteiger partial charge in [0.15, 0.2) is 16.8 Å². The molecule has 30 heavy (non-hydrogen) atoms. The summed E-state index contributed by atoms with van der Waals surface area (Å²) >= 11 is 7.37. The van der Waals surface area contributed by atoms with Gasteiger partial charge in [0, 0.05) is 17.6 Å². The van der Waals surface area contributed by atoms with Gasteiger partial charge in [0.1, 0.15) is 11.6 Å². The Morgan fingerprint density at radius 3 is 2.67 bits per heavy atom. The molecule has 0 fully saturated rings. The molecular weight excluding hydrogens is 429 g/mol. The van der Waals surface area contributed by atoms with Crippen LogP contribution in [0.25, 0.3) is 22.8 Å². The fourth-order valence-electron chi connectivity index (χ4n) is 2.79. The number of aromatic nitrogens is 5. The Bertz CT molecular complexity index is 1180. The number of rotatable bonds is 6. The zero-order chi connectivity index (χ0) is 21.3. The number of halogens is 2. The molecule has 0 N–H and O–H groups in total. The van der Waals surface area contributed by atoms with Gasteiger partial charge in [-0.3, -0.25) is 0 Å². The van der Waals surface area contributed by atoms with E-state index in [1.807, 2.05) is 42.8 Å². The molecule has 0 aliphatic carbocycles. The molecule has 0 radical (unpaired) electrons. The van der Waals surface area contributed by atoms with Crippen molar-refractivity contribution in [3.05, 3.63) is 59.1 Å². The van der Waals surface area contributed by atoms with Gasteiger partial charge >= 0.3 is 0 Å². The smallest absolute Gasteiger partial charge is 0.260 e. The minimum absolute atomic E-state index is 0.0781. The van der Waals surface area contributed by atoms with E-state index in [4.69, 9.17) is 20.9 Å². The molecule has 2 aromatic heterocycles. The van der Waals surface area contributed by atoms with Crippen LogP contribution in [0.3, 0.4) is 0 Å². The van der Waals surface area contributed by atoms with Crippen molar-refractivity contribution in [2.24, 2.45) is 7.05 Å². The van der Waals surface area contributed by atoms with Gasteiger partial charge in [0.05, 0.1) is 17.9 Å². The van der Waals surface area contributed by atoms with E-state index in [1.54, 1.807) is 7.11 Å². The van der Waals surface area contributed by atoms with E-state index in [1.165, 1.54) is 30.0 Å². The van der Waals surface area contributed by atoms with E-state index in [0.29, 0.717) is 16.0 Å². The third-order valence-electron chi connectivity index (χ3n) is 4.43. The summed E-state index contributed by atoms with van der Waals surface area (Å²) in [5.74, 6) is 1.51. The van der Waals surface area contributed by atoms with Gasteiger partial charge in [-0.25, -0.2) is 4.39 Å². The topological polar surface area (TPSA) is 78.9 Å². The largest absolute Gasteiger partial charge is 0.497 e. The molecule has 2 aromatic carbocycles. The first-order chi connectivity index (χ1) is 14.5. The number of hydrogen-bond acceptors (Lipinski definition) is 7. The molecule has 154 valence electrons. The molecule has 1 atom stereocenters. The van der Waals surface area contributed by atoms with Gasteiger partial charge < -0.3 is 13.8 Å². The Labute approximate surface area is 181 Å². The monoisotopic (exact) mass is 445 g/mol. The Morgan fingerprint density at radius 1 is 1.17 bits per heavy atom. The standard InChI is InChI=1S/C20H17ClFN5O2S/c1-11(17-23-19(29-26-17)15-10-13(21)6-9-16(15)22)30-20-25-24-18(27(20)2)12-4-7-14(28-3)8-5-12/h4-11H,1-3H3. The summed E-state index contributed by atoms with van der Waals surface area (Å²) in [6, 6.07) is 11.8. The van der Waals surface area contributed by atoms with Crippen molar-refractivity contribution >= 4 is 23.4 Å². The van der Waals surface area contributed by atoms with E-state index < -0.39 is 5.82 Å². The van der Waals surface area contributed by atoms with Gasteiger partial charge in [-0.1, -0.05) is 28.5 Å². The van der Waals surface area contributed by atoms with Crippen LogP contribution in [0.1, 0.15) is 18.0 Å². The van der Waals surface area contributed by atoms with Crippen LogP contribution in [-0.4, -0.2) is 32.0 Å². The molecule has 0 saturated carbocycles. The third kappa shape index (κ3) is 4.03. The summed E-state index contributed by atoms with van der Waals surface area (Å²) in [5.41, 5.74) is 1.09. The molecule has 4 aromatic rings. The fourth-order valence-corrected chi connectivity index (χ4v) is 3.81. The average Bonchev–Trinajstić information content (AvgIpc) is 3.38. The predicted octanol–water partition coefficient (Wildman–Crippen LogP) is 5.19. The summed E-state index contributed by atoms with van der Waals surface area (Å²) in [6.45, 7) is 1.91. The average molecular weight is 446 g/mol. The van der Waals surface area contributed by atoms with Crippen LogP contribution >= 0.6 is 23.4 Å². The SMILES string of the molecule is COc1ccc(-c2nnc(SC(C)c3noc(-c4cc(Cl)ccc4F)n3)n2C)cc1. The van der Waals surface area contributed by atoms with Crippen LogP contribution in [-0.2, 0) is 7.05 Å². The highest BCUT2D eigenvalue weighted by molar-refractivity contribution is 7.99. The van der Waals surface area contributed by atoms with Gasteiger partial charge in [-0.05, 0) is 49.4 Å². The van der Waals surface area contributed by atoms with Crippen LogP contribution < -0.4 is 4.74 Å². The minimum atomic E-state index is -0.479. The first-order valence-corrected chi connectivity index (χ1v) is 10.2. The van der Waals surface area contributed by atoms with Crippen molar-refractivity contribution in [3.63, 3.8) is 0 Å². The number of ether oxygens (including phenoxy) is 1. The summed E-state index contributed by atoms with van der Waals surface area (Å²) in [7, 11) is 3.51. The molecule has 4 rings (SSSR count). The van der Waals surface area contributed by atoms with Crippen molar-refractivity contribution in [2.45, 2.75) is 17.3 Å². The van der Waals surface area contributed by atoms with Crippen LogP contribution in [0, 0.1) is 5.82 Å². The predicted molar refractivity (Wildman–Crippen MR) is 112 cm³/mol. The quantitative estimate of drug-likeness (QED) is 0.378. The Kier molecular flexibility index (Phi) is 5.74. The second-order valence-corrected chi connectivity index (χ2v) is 8.18. The molecular formula is C20H17ClFN5O2S. The molecule has 0 spiro atoms. The van der Waals surface area contributed by atoms with Gasteiger partial charge in [0.25, 0.3) is 5.89 Å². The lowest BCUT2D eigenvalue weighted by Crippen LogP contribution is -1.98. The van der Waals surface area contributed by atoms with E-state index in [9.17, 15) is 4.39 Å². The lowest BCUT2D eigenvalue weighted by Gasteiger charge is -2.07. The molecule has 7 nitrogen and oxygen atoms in total. The first-order valence-electron chi connectivity index (χ1n) is 8.95. The Hall–Kier alpha value is -2.91. The van der Waals surface area contributed by atoms with Gasteiger partial charge in [-0.2, -0.15) is 4.98 Å². The molecule has 10 heteroatoms. The zero-order valence-corrected chi connectivity index (χ0v) is 17.9. The number of hydrogen-bond donors (Lipinski definition) is 0. The molecule has 2 heterocycles. The summed E-state index contributed by atoms with van der Waals surface area (Å²) in [6.07, 6.45) is 0. The summed E-state index contributed by atoms with van der Waals surface area (Å²) in [5, 5.41) is 13.4. The number of methoxy groups -OCH3 is 1. The highest BCUT2D eigenvalue weighted by Crippen LogP contribution is 2.35. The molecule has 0 aliphatic rings. The van der Waals surface area contributed by atoms with Crippen LogP contribution in [0.4, 0.5) is 4.39 Å². The number of thioether (sulfide) groups is 1. The van der Waals surface area contributed by atoms with Gasteiger partial charge in [-0.15, -0.1) is 10.2 Å². The van der Waals surface area contributed by atoms with Crippen molar-refractivity contribution in [1.82, 2.24) is 24.9 Å². The molecule has 0 saturated heterocycles. The van der Waals surface area contributed by atoms with Crippen LogP contribution in [0.15, 0.2) is 52.1 Å². The fraction of sp³-hybridized carbons (Fsp3) is 0.200. The van der Waals surface area contributed by atoms with Crippen molar-refractivity contribution in [3.8, 4) is 28.6 Å². The van der Waals surface area contributed by atoms with E-state index in [0.717, 1.165) is 17.1 Å². The molecule has 0 amide bonds. The normalized spacial score (nSPS) is 12.2. The molecule has 0 aliphatic heterocycles. The molecule has 1 unspecified atom stereocenters. The third-order valence-corrected chi connectivity index (χ3v) is 5.80. The van der Waals surface area contributed by atoms with Crippen molar-refractivity contribution in [1.29, 1.82) is 0 Å². The second kappa shape index (κ2) is 8.45. The highest BCUT2D eigenvalue weighted by Gasteiger charge is 2.21. The minimum Gasteiger partial charge on any atom is -0.497 e. The maximum Gasteiger partial charge on any atom is 0.260 e. The Balaban J connectivity index is 1.53. The second-order valence-electron chi connectivity index (χ2n) is 6.44. The lowest BCUT2D eigenvalue weighted by molar-refractivity contribution is 0.415. The Morgan fingerprint density at radius 2 is 1.93 bits per heavy atom. The van der Waals surface area contributed by atoms with E-state index in [2.05, 4.69) is 20.3 Å². The summed E-state index contributed by atoms with van der Waals surface area (Å²) in [4.78, 5) is 4.32. The number of nitrogens with zero attached hydrogens (tertiary/aromatic N) is 5. The van der Waals surface area contributed by atoms with Crippen LogP contribution in [0.5, 0.6) is 5.75 Å². The highest BCUT2D eigenvalue weighted by atomic mass is 35.5. The number of benzene rings is 2. The first kappa shape index (κ1) is 20.4. The van der Waals surface area contributed by atoms with Crippen molar-refractivity contribution < 1.29 is 13.7 Å². The van der Waals surface area contributed by atoms with E-state index >= 15 is 0 Å². The maximum absolute atomic E-state index is 14.1. The summed E-state index contributed by atoms with van der Waals surface area (Å²) < 4.78 is 26.4. The van der Waals surface area contributed by atoms with Crippen LogP contribution in [0.2, 0.25) is 5.02 Å². The lowest BCUT2D eigenvalue weighted by atomic mass is 10.2. The molecule has 0 bridgehead atoms. The zero-order valence-electron chi connectivity index (χ0n) is 16.3. The van der Waals surface area contributed by atoms with Gasteiger partial charge in [0.2, 0.25) is 0 Å².